The maximum atomic E-state index is 12.6. The number of H-pyrrole nitrogens is 1. The van der Waals surface area contributed by atoms with E-state index in [0.717, 1.165) is 33.9 Å². The molecule has 0 spiro atoms. The minimum Gasteiger partial charge on any atom is -0.756 e. The van der Waals surface area contributed by atoms with Crippen LogP contribution in [0.2, 0.25) is 0 Å². The molecule has 49 heavy (non-hydrogen) atoms. The Morgan fingerprint density at radius 3 is 2.35 bits per heavy atom. The second kappa shape index (κ2) is 19.9. The first-order valence-electron chi connectivity index (χ1n) is 13.2. The molecule has 7 N–H and O–H groups in total. The Morgan fingerprint density at radius 1 is 1.02 bits per heavy atom. The molecule has 2 aromatic rings. The van der Waals surface area contributed by atoms with Crippen molar-refractivity contribution in [3.8, 4) is 0 Å². The molecule has 4 heterocycles. The number of nitrogens with one attached hydrogen (secondary N) is 2. The zero-order valence-electron chi connectivity index (χ0n) is 25.5. The molecule has 11 atom stereocenters. The Hall–Kier alpha value is -0.0200. The molecule has 1 amide bonds. The number of hydrogen-bond donors (Lipinski definition) is 7. The molecular formula is C22H28N4Na2O17P2S2. The Labute approximate surface area is 328 Å². The summed E-state index contributed by atoms with van der Waals surface area (Å²) < 4.78 is 49.3. The average molecular weight is 793 g/mol. The van der Waals surface area contributed by atoms with Crippen LogP contribution in [0.1, 0.15) is 6.23 Å². The maximum Gasteiger partial charge on any atom is 1.00 e. The van der Waals surface area contributed by atoms with Gasteiger partial charge in [0.05, 0.1) is 19.0 Å². The predicted molar refractivity (Wildman–Crippen MR) is 153 cm³/mol. The van der Waals surface area contributed by atoms with Gasteiger partial charge in [-0.2, -0.15) is 0 Å². The van der Waals surface area contributed by atoms with E-state index in [2.05, 4.69) is 23.7 Å². The monoisotopic (exact) mass is 792 g/mol. The van der Waals surface area contributed by atoms with Gasteiger partial charge in [0, 0.05) is 18.5 Å². The molecule has 262 valence electrons. The zero-order chi connectivity index (χ0) is 34.5. The Bertz CT molecular complexity index is 1600. The fourth-order valence-corrected chi connectivity index (χ4v) is 8.13. The van der Waals surface area contributed by atoms with E-state index < -0.39 is 101 Å². The molecule has 2 aliphatic heterocycles. The zero-order valence-corrected chi connectivity index (χ0v) is 32.9. The SMILES string of the molecule is O=C(CSSc1ccccn1)N[C@H]1[C@@H](OP(=O)([O-])OP(=O)([O-])OC[C@H]2O[C@@H](n3ccc(=O)[nH]c3=O)[C@H](O)[C@@H]2O)O[C@H](CO)[C@H](O)[C@@H]1O.[Na+].[Na+]. The first-order valence-corrected chi connectivity index (χ1v) is 18.5. The number of carbonyl (C=O) groups excluding carboxylic acids is 1. The van der Waals surface area contributed by atoms with Crippen LogP contribution in [-0.2, 0) is 36.8 Å². The van der Waals surface area contributed by atoms with Gasteiger partial charge in [-0.1, -0.05) is 16.9 Å². The van der Waals surface area contributed by atoms with Crippen molar-refractivity contribution in [2.45, 2.75) is 60.2 Å². The van der Waals surface area contributed by atoms with Gasteiger partial charge in [0.2, 0.25) is 5.91 Å². The number of rotatable bonds is 14. The van der Waals surface area contributed by atoms with Gasteiger partial charge in [-0.15, -0.1) is 0 Å². The standard InChI is InChI=1S/C22H30N4O17P2S2.2Na/c27-7-10-16(30)18(32)15(24-13(29)9-46-47-14-3-1-2-5-23-14)21(41-10)42-45(37,38)43-44(35,36)39-8-11-17(31)19(33)20(40-11)26-6-4-12(28)25-22(26)34;;/h1-6,10-11,15-21,27,30-33H,7-9H2,(H,24,29)(H,35,36)(H,37,38)(H,25,28,34);;/q;2*+1/p-2/t10-,11-,15-,16+,17-,18-,19-,20-,21-;;/m1../s1. The van der Waals surface area contributed by atoms with Crippen molar-refractivity contribution in [1.82, 2.24) is 19.9 Å². The molecule has 2 aromatic heterocycles. The number of carbonyl (C=O) groups is 1. The molecule has 0 bridgehead atoms. The predicted octanol–water partition coefficient (Wildman–Crippen LogP) is -10.1. The third-order valence-corrected chi connectivity index (χ3v) is 11.1. The molecule has 0 aromatic carbocycles. The van der Waals surface area contributed by atoms with E-state index in [0.29, 0.717) is 9.59 Å². The van der Waals surface area contributed by atoms with Crippen molar-refractivity contribution < 1.29 is 131 Å². The largest absolute Gasteiger partial charge is 1.00 e. The van der Waals surface area contributed by atoms with Gasteiger partial charge in [0.15, 0.2) is 12.5 Å². The molecule has 2 fully saturated rings. The van der Waals surface area contributed by atoms with Crippen LogP contribution in [0.25, 0.3) is 0 Å². The van der Waals surface area contributed by atoms with E-state index in [1.165, 1.54) is 6.20 Å². The fourth-order valence-electron chi connectivity index (χ4n) is 4.27. The number of nitrogens with zero attached hydrogens (tertiary/aromatic N) is 2. The smallest absolute Gasteiger partial charge is 0.756 e. The third kappa shape index (κ3) is 12.5. The van der Waals surface area contributed by atoms with E-state index in [9.17, 15) is 58.8 Å². The molecule has 27 heteroatoms. The molecule has 21 nitrogen and oxygen atoms in total. The Morgan fingerprint density at radius 2 is 1.71 bits per heavy atom. The summed E-state index contributed by atoms with van der Waals surface area (Å²) in [5.74, 6) is -1.07. The number of pyridine rings is 1. The third-order valence-electron chi connectivity index (χ3n) is 6.47. The molecule has 2 unspecified atom stereocenters. The van der Waals surface area contributed by atoms with E-state index in [4.69, 9.17) is 9.47 Å². The summed E-state index contributed by atoms with van der Waals surface area (Å²) >= 11 is 0. The maximum absolute atomic E-state index is 12.6. The topological polar surface area (TPSA) is 324 Å². The summed E-state index contributed by atoms with van der Waals surface area (Å²) in [6, 6.07) is 4.16. The second-order valence-electron chi connectivity index (χ2n) is 9.75. The minimum absolute atomic E-state index is 0. The van der Waals surface area contributed by atoms with Crippen LogP contribution in [0.3, 0.4) is 0 Å². The number of aliphatic hydroxyl groups is 5. The summed E-state index contributed by atoms with van der Waals surface area (Å²) in [6.45, 7) is -2.10. The van der Waals surface area contributed by atoms with Crippen molar-refractivity contribution in [2.24, 2.45) is 0 Å². The number of hydrogen-bond acceptors (Lipinski definition) is 20. The van der Waals surface area contributed by atoms with Crippen molar-refractivity contribution >= 4 is 43.1 Å². The molecule has 0 saturated carbocycles. The average Bonchev–Trinajstić information content (AvgIpc) is 3.28. The molecule has 4 rings (SSSR count). The normalized spacial score (nSPS) is 30.6. The molecular weight excluding hydrogens is 764 g/mol. The van der Waals surface area contributed by atoms with E-state index in [1.54, 1.807) is 18.2 Å². The van der Waals surface area contributed by atoms with Crippen LogP contribution in [0.4, 0.5) is 0 Å². The van der Waals surface area contributed by atoms with Crippen LogP contribution < -0.4 is 85.5 Å². The number of phosphoric acid groups is 2. The van der Waals surface area contributed by atoms with Crippen LogP contribution >= 0.6 is 37.2 Å². The minimum atomic E-state index is -6.02. The molecule has 2 saturated heterocycles. The summed E-state index contributed by atoms with van der Waals surface area (Å²) in [5.41, 5.74) is -1.80. The second-order valence-corrected chi connectivity index (χ2v) is 15.0. The summed E-state index contributed by atoms with van der Waals surface area (Å²) in [4.78, 5) is 66.8. The van der Waals surface area contributed by atoms with Gasteiger partial charge >= 0.3 is 64.8 Å². The number of aromatic nitrogens is 3. The first-order chi connectivity index (χ1) is 22.1. The van der Waals surface area contributed by atoms with E-state index >= 15 is 0 Å². The number of aliphatic hydroxyl groups excluding tert-OH is 5. The van der Waals surface area contributed by atoms with Crippen molar-refractivity contribution in [1.29, 1.82) is 0 Å². The van der Waals surface area contributed by atoms with Crippen LogP contribution in [0.5, 0.6) is 0 Å². The van der Waals surface area contributed by atoms with Crippen LogP contribution in [-0.4, -0.2) is 114 Å². The van der Waals surface area contributed by atoms with Gasteiger partial charge in [-0.3, -0.25) is 32.8 Å². The first kappa shape index (κ1) is 45.1. The number of phosphoric ester groups is 2. The molecule has 2 aliphatic rings. The van der Waals surface area contributed by atoms with Crippen molar-refractivity contribution in [3.05, 3.63) is 57.5 Å². The summed E-state index contributed by atoms with van der Waals surface area (Å²) in [6.07, 6.45) is -12.2. The van der Waals surface area contributed by atoms with Gasteiger partial charge in [0.25, 0.3) is 21.2 Å². The Kier molecular flexibility index (Phi) is 18.3. The van der Waals surface area contributed by atoms with Gasteiger partial charge < -0.3 is 54.6 Å². The fraction of sp³-hybridized carbons (Fsp3) is 0.545. The van der Waals surface area contributed by atoms with Crippen LogP contribution in [0, 0.1) is 0 Å². The number of aromatic amines is 1. The summed E-state index contributed by atoms with van der Waals surface area (Å²) in [5, 5.41) is 53.6. The summed E-state index contributed by atoms with van der Waals surface area (Å²) in [7, 11) is -9.76. The molecule has 0 radical (unpaired) electrons. The van der Waals surface area contributed by atoms with Gasteiger partial charge in [0.1, 0.15) is 47.7 Å². The molecule has 0 aliphatic carbocycles. The quantitative estimate of drug-likeness (QED) is 0.0530. The van der Waals surface area contributed by atoms with E-state index in [-0.39, 0.29) is 64.9 Å². The number of ether oxygens (including phenoxy) is 2. The van der Waals surface area contributed by atoms with Crippen LogP contribution in [0.15, 0.2) is 51.3 Å². The van der Waals surface area contributed by atoms with Crippen molar-refractivity contribution in [2.75, 3.05) is 19.0 Å². The van der Waals surface area contributed by atoms with Gasteiger partial charge in [-0.25, -0.2) is 14.1 Å². The van der Waals surface area contributed by atoms with Gasteiger partial charge in [-0.05, 0) is 22.9 Å². The number of amides is 1. The Balaban J connectivity index is 0.00000417. The van der Waals surface area contributed by atoms with E-state index in [1.807, 2.05) is 4.98 Å². The van der Waals surface area contributed by atoms with Crippen molar-refractivity contribution in [3.63, 3.8) is 0 Å².